The molecule has 0 atom stereocenters. The molecule has 0 bridgehead atoms. The first-order valence-electron chi connectivity index (χ1n) is 7.13. The van der Waals surface area contributed by atoms with E-state index in [-0.39, 0.29) is 12.5 Å². The van der Waals surface area contributed by atoms with E-state index in [0.29, 0.717) is 5.75 Å². The Balaban J connectivity index is 1.81. The Morgan fingerprint density at radius 3 is 2.68 bits per heavy atom. The Hall–Kier alpha value is -2.62. The van der Waals surface area contributed by atoms with Crippen molar-refractivity contribution in [2.75, 3.05) is 6.61 Å². The monoisotopic (exact) mass is 296 g/mol. The number of hydrazone groups is 1. The number of carbonyl (C=O) groups excluding carboxylic acids is 1. The largest absolute Gasteiger partial charge is 0.484 e. The van der Waals surface area contributed by atoms with Crippen LogP contribution in [0.5, 0.6) is 5.75 Å². The number of nitrogens with zero attached hydrogens (tertiary/aromatic N) is 1. The minimum atomic E-state index is -0.290. The van der Waals surface area contributed by atoms with Crippen LogP contribution in [0.4, 0.5) is 0 Å². The number of ether oxygens (including phenoxy) is 1. The molecule has 22 heavy (non-hydrogen) atoms. The van der Waals surface area contributed by atoms with Crippen molar-refractivity contribution in [2.24, 2.45) is 5.10 Å². The molecule has 4 nitrogen and oxygen atoms in total. The van der Waals surface area contributed by atoms with E-state index >= 15 is 0 Å². The van der Waals surface area contributed by atoms with Crippen LogP contribution < -0.4 is 10.2 Å². The first kappa shape index (κ1) is 15.8. The summed E-state index contributed by atoms with van der Waals surface area (Å²) in [6.07, 6.45) is 1.61. The summed E-state index contributed by atoms with van der Waals surface area (Å²) in [5.41, 5.74) is 6.87. The van der Waals surface area contributed by atoms with Gasteiger partial charge in [0.25, 0.3) is 5.91 Å². The van der Waals surface area contributed by atoms with Gasteiger partial charge < -0.3 is 4.74 Å². The van der Waals surface area contributed by atoms with Gasteiger partial charge in [-0.25, -0.2) is 5.43 Å². The van der Waals surface area contributed by atoms with Crippen molar-refractivity contribution in [1.82, 2.24) is 5.43 Å². The van der Waals surface area contributed by atoms with Crippen LogP contribution in [0, 0.1) is 20.8 Å². The van der Waals surface area contributed by atoms with Crippen LogP contribution in [-0.2, 0) is 4.79 Å². The molecule has 0 aliphatic heterocycles. The van der Waals surface area contributed by atoms with Crippen molar-refractivity contribution in [3.05, 3.63) is 64.7 Å². The maximum atomic E-state index is 11.7. The van der Waals surface area contributed by atoms with Gasteiger partial charge in [-0.15, -0.1) is 0 Å². The molecule has 2 rings (SSSR count). The second-order valence-electron chi connectivity index (χ2n) is 5.24. The minimum Gasteiger partial charge on any atom is -0.484 e. The lowest BCUT2D eigenvalue weighted by Crippen LogP contribution is -2.24. The van der Waals surface area contributed by atoms with Gasteiger partial charge in [0.1, 0.15) is 5.75 Å². The Kier molecular flexibility index (Phi) is 5.31. The SMILES string of the molecule is Cc1cccc(/C=N\NC(=O)COc2ccc(C)c(C)c2)c1. The minimum absolute atomic E-state index is 0.0618. The summed E-state index contributed by atoms with van der Waals surface area (Å²) in [5.74, 6) is 0.392. The molecule has 0 fully saturated rings. The highest BCUT2D eigenvalue weighted by atomic mass is 16.5. The highest BCUT2D eigenvalue weighted by Crippen LogP contribution is 2.16. The zero-order valence-corrected chi connectivity index (χ0v) is 13.1. The maximum Gasteiger partial charge on any atom is 0.277 e. The van der Waals surface area contributed by atoms with Gasteiger partial charge in [0.15, 0.2) is 6.61 Å². The molecule has 1 amide bonds. The molecule has 2 aromatic rings. The van der Waals surface area contributed by atoms with Gasteiger partial charge >= 0.3 is 0 Å². The van der Waals surface area contributed by atoms with Crippen molar-refractivity contribution in [3.63, 3.8) is 0 Å². The van der Waals surface area contributed by atoms with Crippen molar-refractivity contribution >= 4 is 12.1 Å². The molecule has 2 aromatic carbocycles. The molecule has 0 saturated heterocycles. The molecule has 0 radical (unpaired) electrons. The van der Waals surface area contributed by atoms with Gasteiger partial charge in [-0.2, -0.15) is 5.10 Å². The molecule has 0 aliphatic carbocycles. The van der Waals surface area contributed by atoms with Crippen molar-refractivity contribution in [3.8, 4) is 5.75 Å². The van der Waals surface area contributed by atoms with Crippen molar-refractivity contribution < 1.29 is 9.53 Å². The molecule has 0 unspecified atom stereocenters. The van der Waals surface area contributed by atoms with Crippen LogP contribution >= 0.6 is 0 Å². The average Bonchev–Trinajstić information content (AvgIpc) is 2.48. The fourth-order valence-electron chi connectivity index (χ4n) is 1.91. The second kappa shape index (κ2) is 7.41. The first-order valence-corrected chi connectivity index (χ1v) is 7.13. The normalized spacial score (nSPS) is 10.7. The third-order valence-electron chi connectivity index (χ3n) is 3.29. The predicted octanol–water partition coefficient (Wildman–Crippen LogP) is 3.14. The molecular weight excluding hydrogens is 276 g/mol. The van der Waals surface area contributed by atoms with E-state index in [0.717, 1.165) is 16.7 Å². The highest BCUT2D eigenvalue weighted by Gasteiger charge is 2.02. The molecule has 0 spiro atoms. The molecule has 0 heterocycles. The summed E-state index contributed by atoms with van der Waals surface area (Å²) in [4.78, 5) is 11.7. The average molecular weight is 296 g/mol. The lowest BCUT2D eigenvalue weighted by Gasteiger charge is -2.07. The van der Waals surface area contributed by atoms with Crippen LogP contribution in [-0.4, -0.2) is 18.7 Å². The number of hydrogen-bond acceptors (Lipinski definition) is 3. The summed E-state index contributed by atoms with van der Waals surface area (Å²) in [6.45, 7) is 5.99. The Bertz CT molecular complexity index is 693. The summed E-state index contributed by atoms with van der Waals surface area (Å²) in [6, 6.07) is 13.6. The van der Waals surface area contributed by atoms with Crippen LogP contribution in [0.2, 0.25) is 0 Å². The van der Waals surface area contributed by atoms with Crippen molar-refractivity contribution in [1.29, 1.82) is 0 Å². The molecule has 4 heteroatoms. The fourth-order valence-corrected chi connectivity index (χ4v) is 1.91. The van der Waals surface area contributed by atoms with Gasteiger partial charge in [-0.3, -0.25) is 4.79 Å². The number of aryl methyl sites for hydroxylation is 3. The maximum absolute atomic E-state index is 11.7. The zero-order valence-electron chi connectivity index (χ0n) is 13.1. The van der Waals surface area contributed by atoms with Crippen LogP contribution in [0.3, 0.4) is 0 Å². The van der Waals surface area contributed by atoms with Gasteiger partial charge in [0.2, 0.25) is 0 Å². The third kappa shape index (κ3) is 4.74. The summed E-state index contributed by atoms with van der Waals surface area (Å²) in [7, 11) is 0. The quantitative estimate of drug-likeness (QED) is 0.680. The van der Waals surface area contributed by atoms with E-state index in [1.54, 1.807) is 6.21 Å². The highest BCUT2D eigenvalue weighted by molar-refractivity contribution is 5.83. The summed E-state index contributed by atoms with van der Waals surface area (Å²) < 4.78 is 5.44. The number of carbonyl (C=O) groups is 1. The Morgan fingerprint density at radius 1 is 1.14 bits per heavy atom. The molecule has 0 saturated carbocycles. The number of hydrogen-bond donors (Lipinski definition) is 1. The molecular formula is C18H20N2O2. The second-order valence-corrected chi connectivity index (χ2v) is 5.24. The van der Waals surface area contributed by atoms with Gasteiger partial charge in [-0.05, 0) is 49.6 Å². The summed E-state index contributed by atoms with van der Waals surface area (Å²) in [5, 5.41) is 3.92. The van der Waals surface area contributed by atoms with Gasteiger partial charge in [0, 0.05) is 0 Å². The van der Waals surface area contributed by atoms with E-state index < -0.39 is 0 Å². The molecule has 1 N–H and O–H groups in total. The predicted molar refractivity (Wildman–Crippen MR) is 88.3 cm³/mol. The number of amides is 1. The lowest BCUT2D eigenvalue weighted by atomic mass is 10.1. The van der Waals surface area contributed by atoms with Crippen molar-refractivity contribution in [2.45, 2.75) is 20.8 Å². The molecule has 114 valence electrons. The Labute approximate surface area is 130 Å². The Morgan fingerprint density at radius 2 is 1.95 bits per heavy atom. The van der Waals surface area contributed by atoms with E-state index in [9.17, 15) is 4.79 Å². The van der Waals surface area contributed by atoms with Gasteiger partial charge in [0.05, 0.1) is 6.21 Å². The first-order chi connectivity index (χ1) is 10.5. The van der Waals surface area contributed by atoms with Crippen LogP contribution in [0.25, 0.3) is 0 Å². The van der Waals surface area contributed by atoms with E-state index in [1.807, 2.05) is 63.2 Å². The lowest BCUT2D eigenvalue weighted by molar-refractivity contribution is -0.123. The van der Waals surface area contributed by atoms with Gasteiger partial charge in [-0.1, -0.05) is 35.9 Å². The zero-order chi connectivity index (χ0) is 15.9. The summed E-state index contributed by atoms with van der Waals surface area (Å²) >= 11 is 0. The number of rotatable bonds is 5. The topological polar surface area (TPSA) is 50.7 Å². The third-order valence-corrected chi connectivity index (χ3v) is 3.29. The van der Waals surface area contributed by atoms with E-state index in [4.69, 9.17) is 4.74 Å². The van der Waals surface area contributed by atoms with E-state index in [2.05, 4.69) is 10.5 Å². The smallest absolute Gasteiger partial charge is 0.277 e. The molecule has 0 aliphatic rings. The fraction of sp³-hybridized carbons (Fsp3) is 0.222. The number of benzene rings is 2. The van der Waals surface area contributed by atoms with Crippen LogP contribution in [0.1, 0.15) is 22.3 Å². The standard InChI is InChI=1S/C18H20N2O2/c1-13-5-4-6-16(9-13)11-19-20-18(21)12-22-17-8-7-14(2)15(3)10-17/h4-11H,12H2,1-3H3,(H,20,21)/b19-11-. The number of nitrogens with one attached hydrogen (secondary N) is 1. The molecule has 0 aromatic heterocycles. The van der Waals surface area contributed by atoms with E-state index in [1.165, 1.54) is 5.56 Å². The van der Waals surface area contributed by atoms with Crippen LogP contribution in [0.15, 0.2) is 47.6 Å².